The van der Waals surface area contributed by atoms with Gasteiger partial charge in [0.25, 0.3) is 5.91 Å². The maximum atomic E-state index is 13.6. The number of benzene rings is 2. The number of pyridine rings is 1. The minimum atomic E-state index is -0.670. The Hall–Kier alpha value is -3.93. The lowest BCUT2D eigenvalue weighted by Crippen LogP contribution is -2.30. The van der Waals surface area contributed by atoms with Crippen molar-refractivity contribution >= 4 is 22.7 Å². The SMILES string of the molecule is CCCCCOc1cccc(C2c3c(oc4ccccc4c3=O)C(=O)N2c2cccc(C)n2)c1. The normalized spacial score (nSPS) is 15.1. The summed E-state index contributed by atoms with van der Waals surface area (Å²) in [5, 5.41) is 0.449. The molecule has 34 heavy (non-hydrogen) atoms. The molecule has 0 spiro atoms. The van der Waals surface area contributed by atoms with Crippen LogP contribution in [-0.4, -0.2) is 17.5 Å². The largest absolute Gasteiger partial charge is 0.494 e. The fourth-order valence-corrected chi connectivity index (χ4v) is 4.45. The molecule has 2 aromatic carbocycles. The number of unbranched alkanes of at least 4 members (excludes halogenated alkanes) is 2. The lowest BCUT2D eigenvalue weighted by atomic mass is 9.98. The molecular weight excluding hydrogens is 428 g/mol. The van der Waals surface area contributed by atoms with Gasteiger partial charge in [-0.2, -0.15) is 0 Å². The summed E-state index contributed by atoms with van der Waals surface area (Å²) in [6.45, 7) is 4.64. The van der Waals surface area contributed by atoms with Crippen LogP contribution in [0.2, 0.25) is 0 Å². The Balaban J connectivity index is 1.66. The van der Waals surface area contributed by atoms with Gasteiger partial charge < -0.3 is 9.15 Å². The van der Waals surface area contributed by atoms with Crippen LogP contribution in [0.25, 0.3) is 11.0 Å². The Kier molecular flexibility index (Phi) is 5.88. The first-order valence-electron chi connectivity index (χ1n) is 11.6. The lowest BCUT2D eigenvalue weighted by Gasteiger charge is -2.24. The Morgan fingerprint density at radius 2 is 1.82 bits per heavy atom. The smallest absolute Gasteiger partial charge is 0.296 e. The van der Waals surface area contributed by atoms with Crippen LogP contribution in [-0.2, 0) is 0 Å². The molecule has 1 amide bonds. The number of amides is 1. The van der Waals surface area contributed by atoms with Crippen LogP contribution in [0.3, 0.4) is 0 Å². The summed E-state index contributed by atoms with van der Waals surface area (Å²) >= 11 is 0. The molecule has 0 bridgehead atoms. The zero-order valence-electron chi connectivity index (χ0n) is 19.3. The molecule has 1 aliphatic heterocycles. The highest BCUT2D eigenvalue weighted by atomic mass is 16.5. The molecule has 4 aromatic rings. The average molecular weight is 455 g/mol. The number of anilines is 1. The summed E-state index contributed by atoms with van der Waals surface area (Å²) < 4.78 is 12.0. The van der Waals surface area contributed by atoms with Crippen LogP contribution >= 0.6 is 0 Å². The molecule has 0 saturated heterocycles. The fraction of sp³-hybridized carbons (Fsp3) is 0.250. The van der Waals surface area contributed by atoms with Crippen LogP contribution in [0.15, 0.2) is 75.9 Å². The zero-order valence-corrected chi connectivity index (χ0v) is 19.3. The van der Waals surface area contributed by atoms with E-state index in [1.165, 1.54) is 0 Å². The molecule has 1 unspecified atom stereocenters. The predicted octanol–water partition coefficient (Wildman–Crippen LogP) is 5.82. The Morgan fingerprint density at radius 3 is 2.65 bits per heavy atom. The van der Waals surface area contributed by atoms with E-state index >= 15 is 0 Å². The second-order valence-corrected chi connectivity index (χ2v) is 8.51. The van der Waals surface area contributed by atoms with Gasteiger partial charge in [-0.15, -0.1) is 0 Å². The molecule has 1 atom stereocenters. The molecule has 6 heteroatoms. The number of para-hydroxylation sites is 1. The molecule has 1 aliphatic rings. The van der Waals surface area contributed by atoms with Crippen molar-refractivity contribution in [1.29, 1.82) is 0 Å². The van der Waals surface area contributed by atoms with Crippen LogP contribution < -0.4 is 15.1 Å². The number of ether oxygens (including phenoxy) is 1. The van der Waals surface area contributed by atoms with Gasteiger partial charge in [-0.25, -0.2) is 4.98 Å². The van der Waals surface area contributed by atoms with E-state index in [1.54, 1.807) is 35.2 Å². The number of fused-ring (bicyclic) bond motifs is 2. The van der Waals surface area contributed by atoms with Crippen LogP contribution in [0.4, 0.5) is 5.82 Å². The Morgan fingerprint density at radius 1 is 1.00 bits per heavy atom. The Bertz CT molecular complexity index is 1430. The van der Waals surface area contributed by atoms with Gasteiger partial charge in [-0.3, -0.25) is 14.5 Å². The molecule has 0 fully saturated rings. The second kappa shape index (κ2) is 9.14. The van der Waals surface area contributed by atoms with Gasteiger partial charge in [0.15, 0.2) is 5.43 Å². The second-order valence-electron chi connectivity index (χ2n) is 8.51. The molecule has 172 valence electrons. The average Bonchev–Trinajstić information content (AvgIpc) is 3.15. The van der Waals surface area contributed by atoms with Gasteiger partial charge in [0.2, 0.25) is 5.76 Å². The first kappa shape index (κ1) is 21.9. The van der Waals surface area contributed by atoms with E-state index in [4.69, 9.17) is 9.15 Å². The molecule has 0 saturated carbocycles. The number of carbonyl (C=O) groups excluding carboxylic acids is 1. The number of carbonyl (C=O) groups is 1. The Labute approximate surface area is 197 Å². The summed E-state index contributed by atoms with van der Waals surface area (Å²) in [7, 11) is 0. The lowest BCUT2D eigenvalue weighted by molar-refractivity contribution is 0.0970. The first-order valence-corrected chi connectivity index (χ1v) is 11.6. The van der Waals surface area contributed by atoms with E-state index in [2.05, 4.69) is 11.9 Å². The quantitative estimate of drug-likeness (QED) is 0.329. The summed E-state index contributed by atoms with van der Waals surface area (Å²) in [5.41, 5.74) is 2.06. The van der Waals surface area contributed by atoms with E-state index in [9.17, 15) is 9.59 Å². The zero-order chi connectivity index (χ0) is 23.7. The topological polar surface area (TPSA) is 72.6 Å². The van der Waals surface area contributed by atoms with Gasteiger partial charge in [0, 0.05) is 5.69 Å². The van der Waals surface area contributed by atoms with Crippen LogP contribution in [0.1, 0.15) is 59.6 Å². The predicted molar refractivity (Wildman–Crippen MR) is 132 cm³/mol. The van der Waals surface area contributed by atoms with Crippen molar-refractivity contribution in [2.75, 3.05) is 11.5 Å². The maximum Gasteiger partial charge on any atom is 0.296 e. The van der Waals surface area contributed by atoms with E-state index in [1.807, 2.05) is 43.3 Å². The fourth-order valence-electron chi connectivity index (χ4n) is 4.45. The highest BCUT2D eigenvalue weighted by molar-refractivity contribution is 6.10. The standard InChI is InChI=1S/C28H26N2O4/c1-3-4-7-16-33-20-12-9-11-19(17-20)25-24-26(31)21-13-5-6-14-22(21)34-27(24)28(32)30(25)23-15-8-10-18(2)29-23/h5-6,8-15,17,25H,3-4,7,16H2,1-2H3. The third-order valence-corrected chi connectivity index (χ3v) is 6.09. The molecule has 0 radical (unpaired) electrons. The van der Waals surface area contributed by atoms with Gasteiger partial charge in [-0.1, -0.05) is 50.1 Å². The summed E-state index contributed by atoms with van der Waals surface area (Å²) in [4.78, 5) is 33.4. The molecule has 3 heterocycles. The van der Waals surface area contributed by atoms with E-state index in [-0.39, 0.29) is 17.1 Å². The highest BCUT2D eigenvalue weighted by Crippen LogP contribution is 2.41. The van der Waals surface area contributed by atoms with E-state index < -0.39 is 6.04 Å². The third kappa shape index (κ3) is 3.85. The van der Waals surface area contributed by atoms with Gasteiger partial charge >= 0.3 is 0 Å². The number of hydrogen-bond donors (Lipinski definition) is 0. The number of aryl methyl sites for hydroxylation is 1. The number of aromatic nitrogens is 1. The first-order chi connectivity index (χ1) is 16.6. The summed E-state index contributed by atoms with van der Waals surface area (Å²) in [6, 6.07) is 19.4. The molecule has 2 aromatic heterocycles. The van der Waals surface area contributed by atoms with Crippen LogP contribution in [0, 0.1) is 6.92 Å². The highest BCUT2D eigenvalue weighted by Gasteiger charge is 2.44. The van der Waals surface area contributed by atoms with Crippen LogP contribution in [0.5, 0.6) is 5.75 Å². The van der Waals surface area contributed by atoms with Gasteiger partial charge in [0.1, 0.15) is 17.2 Å². The van der Waals surface area contributed by atoms with Crippen molar-refractivity contribution in [2.45, 2.75) is 39.2 Å². The summed E-state index contributed by atoms with van der Waals surface area (Å²) in [6.07, 6.45) is 3.19. The van der Waals surface area contributed by atoms with Gasteiger partial charge in [0.05, 0.1) is 23.6 Å². The summed E-state index contributed by atoms with van der Waals surface area (Å²) in [5.74, 6) is 0.859. The van der Waals surface area contributed by atoms with E-state index in [0.29, 0.717) is 34.7 Å². The monoisotopic (exact) mass is 454 g/mol. The van der Waals surface area contributed by atoms with E-state index in [0.717, 1.165) is 30.5 Å². The minimum absolute atomic E-state index is 0.0614. The van der Waals surface area contributed by atoms with Crippen molar-refractivity contribution in [3.8, 4) is 5.75 Å². The number of nitrogens with zero attached hydrogens (tertiary/aromatic N) is 2. The molecule has 6 nitrogen and oxygen atoms in total. The van der Waals surface area contributed by atoms with Gasteiger partial charge in [-0.05, 0) is 55.3 Å². The molecule has 0 N–H and O–H groups in total. The molecular formula is C28H26N2O4. The maximum absolute atomic E-state index is 13.6. The van der Waals surface area contributed by atoms with Crippen molar-refractivity contribution < 1.29 is 13.9 Å². The van der Waals surface area contributed by atoms with Crippen molar-refractivity contribution in [3.63, 3.8) is 0 Å². The minimum Gasteiger partial charge on any atom is -0.494 e. The van der Waals surface area contributed by atoms with Crippen molar-refractivity contribution in [3.05, 3.63) is 99.5 Å². The third-order valence-electron chi connectivity index (χ3n) is 6.09. The number of rotatable bonds is 7. The molecule has 5 rings (SSSR count). The van der Waals surface area contributed by atoms with Crippen molar-refractivity contribution in [1.82, 2.24) is 4.98 Å². The van der Waals surface area contributed by atoms with Crippen molar-refractivity contribution in [2.24, 2.45) is 0 Å². The molecule has 0 aliphatic carbocycles. The number of hydrogen-bond acceptors (Lipinski definition) is 5.